The lowest BCUT2D eigenvalue weighted by Crippen LogP contribution is -2.46. The fraction of sp³-hybridized carbons (Fsp3) is 0.588. The van der Waals surface area contributed by atoms with Crippen molar-refractivity contribution in [2.45, 2.75) is 25.8 Å². The first-order valence-electron chi connectivity index (χ1n) is 8.23. The summed E-state index contributed by atoms with van der Waals surface area (Å²) in [5, 5.41) is 6.53. The Bertz CT molecular complexity index is 526. The maximum Gasteiger partial charge on any atom is 0.238 e. The molecule has 3 rings (SSSR count). The Morgan fingerprint density at radius 1 is 1.39 bits per heavy atom. The Morgan fingerprint density at radius 3 is 3.04 bits per heavy atom. The number of carbonyl (C=O) groups excluding carboxylic acids is 1. The molecule has 128 valence electrons. The Morgan fingerprint density at radius 2 is 2.22 bits per heavy atom. The molecule has 0 aromatic heterocycles. The monoisotopic (exact) mass is 339 g/mol. The second-order valence-electron chi connectivity index (χ2n) is 6.11. The van der Waals surface area contributed by atoms with E-state index in [1.54, 1.807) is 0 Å². The number of likely N-dealkylation sites (tertiary alicyclic amines) is 1. The minimum atomic E-state index is 0. The van der Waals surface area contributed by atoms with Gasteiger partial charge in [0, 0.05) is 19.1 Å². The van der Waals surface area contributed by atoms with E-state index in [-0.39, 0.29) is 18.3 Å². The maximum absolute atomic E-state index is 12.3. The van der Waals surface area contributed by atoms with Crippen LogP contribution in [0.25, 0.3) is 0 Å². The van der Waals surface area contributed by atoms with Crippen LogP contribution in [0.4, 0.5) is 5.69 Å². The quantitative estimate of drug-likeness (QED) is 0.863. The van der Waals surface area contributed by atoms with E-state index in [4.69, 9.17) is 4.74 Å². The summed E-state index contributed by atoms with van der Waals surface area (Å²) in [7, 11) is 0. The van der Waals surface area contributed by atoms with Crippen molar-refractivity contribution in [3.63, 3.8) is 0 Å². The van der Waals surface area contributed by atoms with Gasteiger partial charge in [-0.05, 0) is 44.4 Å². The van der Waals surface area contributed by atoms with Gasteiger partial charge in [0.1, 0.15) is 5.75 Å². The zero-order valence-electron chi connectivity index (χ0n) is 13.6. The van der Waals surface area contributed by atoms with Crippen molar-refractivity contribution in [3.8, 4) is 5.75 Å². The highest BCUT2D eigenvalue weighted by Gasteiger charge is 2.32. The average molecular weight is 340 g/mol. The smallest absolute Gasteiger partial charge is 0.238 e. The number of hydrogen-bond acceptors (Lipinski definition) is 4. The number of rotatable bonds is 5. The van der Waals surface area contributed by atoms with Gasteiger partial charge in [-0.15, -0.1) is 12.4 Å². The number of para-hydroxylation sites is 2. The summed E-state index contributed by atoms with van der Waals surface area (Å²) in [4.78, 5) is 14.6. The van der Waals surface area contributed by atoms with Crippen molar-refractivity contribution in [1.82, 2.24) is 10.2 Å². The standard InChI is InChI=1S/C17H25N3O2.ClH/c1-2-22-16-6-4-3-5-15(16)19-17(21)12-20-10-8-14-13(11-20)7-9-18-14;/h3-6,13-14,18H,2,7-12H2,1H3,(H,19,21);1H. The van der Waals surface area contributed by atoms with Crippen LogP contribution in [-0.4, -0.2) is 49.6 Å². The molecule has 2 N–H and O–H groups in total. The fourth-order valence-electron chi connectivity index (χ4n) is 3.51. The third-order valence-electron chi connectivity index (χ3n) is 4.57. The second kappa shape index (κ2) is 8.52. The number of halogens is 1. The van der Waals surface area contributed by atoms with Gasteiger partial charge in [0.25, 0.3) is 0 Å². The predicted octanol–water partition coefficient (Wildman–Crippen LogP) is 2.13. The van der Waals surface area contributed by atoms with Gasteiger partial charge >= 0.3 is 0 Å². The van der Waals surface area contributed by atoms with Crippen molar-refractivity contribution in [1.29, 1.82) is 0 Å². The van der Waals surface area contributed by atoms with Gasteiger partial charge in [0.2, 0.25) is 5.91 Å². The molecule has 23 heavy (non-hydrogen) atoms. The lowest BCUT2D eigenvalue weighted by Gasteiger charge is -2.34. The second-order valence-corrected chi connectivity index (χ2v) is 6.11. The molecular formula is C17H26ClN3O2. The summed E-state index contributed by atoms with van der Waals surface area (Å²) in [5.41, 5.74) is 0.756. The zero-order chi connectivity index (χ0) is 15.4. The van der Waals surface area contributed by atoms with Gasteiger partial charge in [-0.3, -0.25) is 9.69 Å². The zero-order valence-corrected chi connectivity index (χ0v) is 14.4. The number of hydrogen-bond donors (Lipinski definition) is 2. The molecule has 2 aliphatic heterocycles. The van der Waals surface area contributed by atoms with E-state index in [0.29, 0.717) is 25.1 Å². The number of amides is 1. The highest BCUT2D eigenvalue weighted by molar-refractivity contribution is 5.93. The van der Waals surface area contributed by atoms with Crippen LogP contribution in [0.15, 0.2) is 24.3 Å². The first-order valence-corrected chi connectivity index (χ1v) is 8.23. The van der Waals surface area contributed by atoms with Crippen molar-refractivity contribution in [2.24, 2.45) is 5.92 Å². The van der Waals surface area contributed by atoms with Gasteiger partial charge < -0.3 is 15.4 Å². The van der Waals surface area contributed by atoms with E-state index in [0.717, 1.165) is 37.5 Å². The number of carbonyl (C=O) groups is 1. The number of nitrogens with zero attached hydrogens (tertiary/aromatic N) is 1. The normalized spacial score (nSPS) is 23.7. The largest absolute Gasteiger partial charge is 0.492 e. The summed E-state index contributed by atoms with van der Waals surface area (Å²) >= 11 is 0. The van der Waals surface area contributed by atoms with E-state index in [9.17, 15) is 4.79 Å². The Kier molecular flexibility index (Phi) is 6.69. The summed E-state index contributed by atoms with van der Waals surface area (Å²) in [6.07, 6.45) is 2.38. The van der Waals surface area contributed by atoms with Gasteiger partial charge in [0.15, 0.2) is 0 Å². The van der Waals surface area contributed by atoms with E-state index < -0.39 is 0 Å². The van der Waals surface area contributed by atoms with Gasteiger partial charge in [-0.2, -0.15) is 0 Å². The van der Waals surface area contributed by atoms with Crippen LogP contribution in [0.1, 0.15) is 19.8 Å². The van der Waals surface area contributed by atoms with Crippen molar-refractivity contribution < 1.29 is 9.53 Å². The molecule has 6 heteroatoms. The number of fused-ring (bicyclic) bond motifs is 1. The SMILES string of the molecule is CCOc1ccccc1NC(=O)CN1CCC2NCCC2C1.Cl. The molecule has 1 aromatic carbocycles. The van der Waals surface area contributed by atoms with Crippen LogP contribution < -0.4 is 15.4 Å². The highest BCUT2D eigenvalue weighted by atomic mass is 35.5. The minimum absolute atomic E-state index is 0. The van der Waals surface area contributed by atoms with Crippen LogP contribution >= 0.6 is 12.4 Å². The number of piperidine rings is 1. The summed E-state index contributed by atoms with van der Waals surface area (Å²) < 4.78 is 5.55. The summed E-state index contributed by atoms with van der Waals surface area (Å²) in [6, 6.07) is 8.26. The Balaban J connectivity index is 0.00000192. The molecule has 0 aliphatic carbocycles. The minimum Gasteiger partial charge on any atom is -0.492 e. The first-order chi connectivity index (χ1) is 10.8. The molecule has 0 saturated carbocycles. The molecule has 0 bridgehead atoms. The molecule has 2 unspecified atom stereocenters. The third kappa shape index (κ3) is 4.59. The highest BCUT2D eigenvalue weighted by Crippen LogP contribution is 2.25. The Hall–Kier alpha value is -1.30. The number of anilines is 1. The van der Waals surface area contributed by atoms with Crippen LogP contribution in [0.2, 0.25) is 0 Å². The predicted molar refractivity (Wildman–Crippen MR) is 94.4 cm³/mol. The van der Waals surface area contributed by atoms with E-state index in [1.807, 2.05) is 31.2 Å². The molecule has 2 saturated heterocycles. The Labute approximate surface area is 144 Å². The molecular weight excluding hydrogens is 314 g/mol. The van der Waals surface area contributed by atoms with Crippen molar-refractivity contribution >= 4 is 24.0 Å². The molecule has 2 heterocycles. The van der Waals surface area contributed by atoms with E-state index in [1.165, 1.54) is 6.42 Å². The first kappa shape index (κ1) is 18.0. The lowest BCUT2D eigenvalue weighted by molar-refractivity contribution is -0.117. The van der Waals surface area contributed by atoms with Crippen LogP contribution in [0, 0.1) is 5.92 Å². The van der Waals surface area contributed by atoms with E-state index in [2.05, 4.69) is 15.5 Å². The van der Waals surface area contributed by atoms with E-state index >= 15 is 0 Å². The molecule has 2 aliphatic rings. The van der Waals surface area contributed by atoms with Gasteiger partial charge in [0.05, 0.1) is 18.8 Å². The van der Waals surface area contributed by atoms with Crippen molar-refractivity contribution in [3.05, 3.63) is 24.3 Å². The van der Waals surface area contributed by atoms with Gasteiger partial charge in [-0.1, -0.05) is 12.1 Å². The molecule has 0 spiro atoms. The molecule has 2 atom stereocenters. The molecule has 1 aromatic rings. The van der Waals surface area contributed by atoms with Crippen LogP contribution in [0.3, 0.4) is 0 Å². The van der Waals surface area contributed by atoms with Crippen LogP contribution in [-0.2, 0) is 4.79 Å². The topological polar surface area (TPSA) is 53.6 Å². The molecule has 2 fully saturated rings. The molecule has 1 amide bonds. The molecule has 0 radical (unpaired) electrons. The van der Waals surface area contributed by atoms with Crippen molar-refractivity contribution in [2.75, 3.05) is 38.1 Å². The maximum atomic E-state index is 12.3. The summed E-state index contributed by atoms with van der Waals surface area (Å²) in [6.45, 7) is 6.14. The third-order valence-corrected chi connectivity index (χ3v) is 4.57. The number of benzene rings is 1. The summed E-state index contributed by atoms with van der Waals surface area (Å²) in [5.74, 6) is 1.48. The average Bonchev–Trinajstić information content (AvgIpc) is 2.97. The number of nitrogens with one attached hydrogen (secondary N) is 2. The fourth-order valence-corrected chi connectivity index (χ4v) is 3.51. The van der Waals surface area contributed by atoms with Crippen LogP contribution in [0.5, 0.6) is 5.75 Å². The van der Waals surface area contributed by atoms with Gasteiger partial charge in [-0.25, -0.2) is 0 Å². The lowest BCUT2D eigenvalue weighted by atomic mass is 9.93. The molecule has 5 nitrogen and oxygen atoms in total. The number of ether oxygens (including phenoxy) is 1.